The van der Waals surface area contributed by atoms with Gasteiger partial charge in [0.1, 0.15) is 5.75 Å². The zero-order valence-electron chi connectivity index (χ0n) is 18.0. The van der Waals surface area contributed by atoms with E-state index < -0.39 is 0 Å². The molecule has 0 saturated carbocycles. The largest absolute Gasteiger partial charge is 0.496 e. The van der Waals surface area contributed by atoms with E-state index in [1.165, 1.54) is 10.4 Å². The fraction of sp³-hybridized carbons (Fsp3) is 0.500. The molecule has 0 radical (unpaired) electrons. The van der Waals surface area contributed by atoms with E-state index in [0.29, 0.717) is 12.0 Å². The quantitative estimate of drug-likeness (QED) is 0.302. The number of guanidine groups is 1. The lowest BCUT2D eigenvalue weighted by Crippen LogP contribution is -2.46. The summed E-state index contributed by atoms with van der Waals surface area (Å²) in [5.74, 6) is 2.05. The van der Waals surface area contributed by atoms with Crippen molar-refractivity contribution in [2.24, 2.45) is 4.99 Å². The Morgan fingerprint density at radius 3 is 2.57 bits per heavy atom. The average molecular weight is 545 g/mol. The summed E-state index contributed by atoms with van der Waals surface area (Å²) in [6.45, 7) is 7.30. The van der Waals surface area contributed by atoms with Gasteiger partial charge in [0.05, 0.1) is 26.4 Å². The molecule has 8 heteroatoms. The van der Waals surface area contributed by atoms with Crippen molar-refractivity contribution < 1.29 is 9.47 Å². The van der Waals surface area contributed by atoms with Crippen LogP contribution in [0.1, 0.15) is 29.3 Å². The average Bonchev–Trinajstić information content (AvgIpc) is 3.31. The van der Waals surface area contributed by atoms with E-state index in [1.54, 1.807) is 18.4 Å². The maximum absolute atomic E-state index is 5.53. The van der Waals surface area contributed by atoms with Gasteiger partial charge in [-0.15, -0.1) is 35.3 Å². The number of hydrogen-bond acceptors (Lipinski definition) is 5. The molecule has 6 nitrogen and oxygen atoms in total. The van der Waals surface area contributed by atoms with Crippen LogP contribution in [0.15, 0.2) is 46.8 Å². The van der Waals surface area contributed by atoms with Crippen molar-refractivity contribution in [3.63, 3.8) is 0 Å². The summed E-state index contributed by atoms with van der Waals surface area (Å²) in [5.41, 5.74) is 1.20. The molecule has 0 spiro atoms. The third-order valence-corrected chi connectivity index (χ3v) is 6.26. The monoisotopic (exact) mass is 544 g/mol. The Morgan fingerprint density at radius 1 is 1.17 bits per heavy atom. The highest BCUT2D eigenvalue weighted by atomic mass is 127. The molecular weight excluding hydrogens is 511 g/mol. The normalized spacial score (nSPS) is 17.0. The predicted octanol–water partition coefficient (Wildman–Crippen LogP) is 3.72. The molecule has 1 aromatic heterocycles. The highest BCUT2D eigenvalue weighted by Crippen LogP contribution is 2.26. The molecule has 2 heterocycles. The number of para-hydroxylation sites is 1. The Hall–Kier alpha value is -1.36. The minimum absolute atomic E-state index is 0. The van der Waals surface area contributed by atoms with Crippen LogP contribution in [0.4, 0.5) is 0 Å². The zero-order valence-corrected chi connectivity index (χ0v) is 21.1. The predicted molar refractivity (Wildman–Crippen MR) is 136 cm³/mol. The fourth-order valence-corrected chi connectivity index (χ4v) is 4.49. The molecule has 1 fully saturated rings. The molecule has 2 unspecified atom stereocenters. The molecule has 0 aliphatic carbocycles. The number of rotatable bonds is 8. The Labute approximate surface area is 201 Å². The molecular formula is C22H33IN4O2S. The minimum atomic E-state index is 0. The SMILES string of the molecule is CN=C(NCC(C)c1ccccc1OC)NCC(c1cccs1)N1CCOCC1.I. The molecule has 2 N–H and O–H groups in total. The number of ether oxygens (including phenoxy) is 2. The summed E-state index contributed by atoms with van der Waals surface area (Å²) < 4.78 is 11.0. The smallest absolute Gasteiger partial charge is 0.191 e. The van der Waals surface area contributed by atoms with Gasteiger partial charge < -0.3 is 20.1 Å². The molecule has 3 rings (SSSR count). The standard InChI is InChI=1S/C22H32N4O2S.HI/c1-17(18-7-4-5-8-20(18)27-3)15-24-22(23-2)25-16-19(21-9-6-14-29-21)26-10-12-28-13-11-26;/h4-9,14,17,19H,10-13,15-16H2,1-3H3,(H2,23,24,25);1H. The molecule has 1 aliphatic heterocycles. The number of methoxy groups -OCH3 is 1. The van der Waals surface area contributed by atoms with Crippen molar-refractivity contribution in [3.05, 3.63) is 52.2 Å². The highest BCUT2D eigenvalue weighted by molar-refractivity contribution is 14.0. The number of thiophene rings is 1. The first-order valence-electron chi connectivity index (χ1n) is 10.2. The van der Waals surface area contributed by atoms with Crippen molar-refractivity contribution in [1.82, 2.24) is 15.5 Å². The Morgan fingerprint density at radius 2 is 1.90 bits per heavy atom. The maximum Gasteiger partial charge on any atom is 0.191 e. The molecule has 1 saturated heterocycles. The van der Waals surface area contributed by atoms with Crippen molar-refractivity contribution in [1.29, 1.82) is 0 Å². The van der Waals surface area contributed by atoms with Crippen molar-refractivity contribution >= 4 is 41.3 Å². The van der Waals surface area contributed by atoms with E-state index in [9.17, 15) is 0 Å². The van der Waals surface area contributed by atoms with E-state index in [-0.39, 0.29) is 24.0 Å². The summed E-state index contributed by atoms with van der Waals surface area (Å²) in [5, 5.41) is 9.13. The topological polar surface area (TPSA) is 58.1 Å². The fourth-order valence-electron chi connectivity index (χ4n) is 3.63. The van der Waals surface area contributed by atoms with Gasteiger partial charge in [-0.05, 0) is 23.1 Å². The van der Waals surface area contributed by atoms with Crippen LogP contribution in [0.2, 0.25) is 0 Å². The van der Waals surface area contributed by atoms with Crippen LogP contribution in [0, 0.1) is 0 Å². The first-order chi connectivity index (χ1) is 14.2. The Balaban J connectivity index is 0.00000320. The number of morpholine rings is 1. The van der Waals surface area contributed by atoms with Gasteiger partial charge in [0.15, 0.2) is 5.96 Å². The lowest BCUT2D eigenvalue weighted by atomic mass is 10.0. The van der Waals surface area contributed by atoms with E-state index >= 15 is 0 Å². The second-order valence-electron chi connectivity index (χ2n) is 7.16. The van der Waals surface area contributed by atoms with E-state index in [1.807, 2.05) is 19.2 Å². The number of benzene rings is 1. The van der Waals surface area contributed by atoms with Gasteiger partial charge in [-0.3, -0.25) is 9.89 Å². The number of aliphatic imine (C=N–C) groups is 1. The zero-order chi connectivity index (χ0) is 20.5. The van der Waals surface area contributed by atoms with Crippen molar-refractivity contribution in [2.75, 3.05) is 53.6 Å². The summed E-state index contributed by atoms with van der Waals surface area (Å²) in [7, 11) is 3.54. The molecule has 0 bridgehead atoms. The molecule has 2 atom stereocenters. The second kappa shape index (κ2) is 13.1. The molecule has 30 heavy (non-hydrogen) atoms. The van der Waals surface area contributed by atoms with Crippen molar-refractivity contribution in [2.45, 2.75) is 18.9 Å². The van der Waals surface area contributed by atoms with Gasteiger partial charge in [0.25, 0.3) is 0 Å². The summed E-state index contributed by atoms with van der Waals surface area (Å²) in [6, 6.07) is 12.8. The van der Waals surface area contributed by atoms with E-state index in [0.717, 1.165) is 51.1 Å². The Bertz CT molecular complexity index is 766. The number of hydrogen-bond donors (Lipinski definition) is 2. The summed E-state index contributed by atoms with van der Waals surface area (Å²) in [6.07, 6.45) is 0. The van der Waals surface area contributed by atoms with E-state index in [4.69, 9.17) is 9.47 Å². The lowest BCUT2D eigenvalue weighted by Gasteiger charge is -2.34. The van der Waals surface area contributed by atoms with Crippen LogP contribution < -0.4 is 15.4 Å². The summed E-state index contributed by atoms with van der Waals surface area (Å²) >= 11 is 1.81. The van der Waals surface area contributed by atoms with Crippen molar-refractivity contribution in [3.8, 4) is 5.75 Å². The molecule has 1 aliphatic rings. The number of nitrogens with one attached hydrogen (secondary N) is 2. The van der Waals surface area contributed by atoms with Crippen LogP contribution in [-0.2, 0) is 4.74 Å². The van der Waals surface area contributed by atoms with E-state index in [2.05, 4.69) is 57.1 Å². The number of halogens is 1. The first kappa shape index (κ1) is 24.9. The molecule has 0 amide bonds. The first-order valence-corrected chi connectivity index (χ1v) is 11.0. The molecule has 2 aromatic rings. The lowest BCUT2D eigenvalue weighted by molar-refractivity contribution is 0.0177. The molecule has 1 aromatic carbocycles. The minimum Gasteiger partial charge on any atom is -0.496 e. The third kappa shape index (κ3) is 6.83. The molecule has 166 valence electrons. The van der Waals surface area contributed by atoms with Crippen LogP contribution in [-0.4, -0.2) is 64.4 Å². The van der Waals surface area contributed by atoms with Crippen LogP contribution in [0.25, 0.3) is 0 Å². The number of nitrogens with zero attached hydrogens (tertiary/aromatic N) is 2. The highest BCUT2D eigenvalue weighted by Gasteiger charge is 2.23. The van der Waals surface area contributed by atoms with Crippen LogP contribution in [0.3, 0.4) is 0 Å². The van der Waals surface area contributed by atoms with Crippen LogP contribution in [0.5, 0.6) is 5.75 Å². The van der Waals surface area contributed by atoms with Gasteiger partial charge >= 0.3 is 0 Å². The van der Waals surface area contributed by atoms with Gasteiger partial charge in [-0.1, -0.05) is 31.2 Å². The van der Waals surface area contributed by atoms with Gasteiger partial charge in [0, 0.05) is 44.0 Å². The maximum atomic E-state index is 5.53. The second-order valence-corrected chi connectivity index (χ2v) is 8.14. The van der Waals surface area contributed by atoms with Gasteiger partial charge in [-0.2, -0.15) is 0 Å². The van der Waals surface area contributed by atoms with Gasteiger partial charge in [-0.25, -0.2) is 0 Å². The van der Waals surface area contributed by atoms with Gasteiger partial charge in [0.2, 0.25) is 0 Å². The summed E-state index contributed by atoms with van der Waals surface area (Å²) in [4.78, 5) is 8.28. The Kier molecular flexibility index (Phi) is 10.9. The van der Waals surface area contributed by atoms with Crippen LogP contribution >= 0.6 is 35.3 Å². The third-order valence-electron chi connectivity index (χ3n) is 5.29.